The summed E-state index contributed by atoms with van der Waals surface area (Å²) in [4.78, 5) is 14.1. The van der Waals surface area contributed by atoms with Gasteiger partial charge in [0.25, 0.3) is 0 Å². The van der Waals surface area contributed by atoms with Gasteiger partial charge in [-0.25, -0.2) is 8.78 Å². The molecule has 2 nitrogen and oxygen atoms in total. The van der Waals surface area contributed by atoms with Crippen LogP contribution in [0.5, 0.6) is 0 Å². The molecule has 0 radical (unpaired) electrons. The molecular weight excluding hydrogens is 296 g/mol. The number of rotatable bonds is 4. The van der Waals surface area contributed by atoms with Crippen molar-refractivity contribution < 1.29 is 13.6 Å². The fraction of sp³-hybridized carbons (Fsp3) is 0.316. The van der Waals surface area contributed by atoms with Crippen molar-refractivity contribution in [1.82, 2.24) is 0 Å². The average Bonchev–Trinajstić information content (AvgIpc) is 2.47. The molecule has 1 atom stereocenters. The van der Waals surface area contributed by atoms with Gasteiger partial charge in [0.15, 0.2) is 0 Å². The van der Waals surface area contributed by atoms with Crippen molar-refractivity contribution in [3.8, 4) is 0 Å². The number of halogens is 2. The number of aryl methyl sites for hydroxylation is 2. The summed E-state index contributed by atoms with van der Waals surface area (Å²) < 4.78 is 26.5. The Morgan fingerprint density at radius 2 is 1.65 bits per heavy atom. The number of amides is 1. The predicted molar refractivity (Wildman–Crippen MR) is 88.6 cm³/mol. The Bertz CT molecular complexity index is 707. The first-order valence-electron chi connectivity index (χ1n) is 7.57. The van der Waals surface area contributed by atoms with Crippen molar-refractivity contribution >= 4 is 11.6 Å². The summed E-state index contributed by atoms with van der Waals surface area (Å²) in [5.41, 5.74) is 3.58. The number of benzene rings is 2. The lowest BCUT2D eigenvalue weighted by Gasteiger charge is -2.22. The van der Waals surface area contributed by atoms with Crippen molar-refractivity contribution in [1.29, 1.82) is 0 Å². The largest absolute Gasteiger partial charge is 0.315 e. The van der Waals surface area contributed by atoms with Crippen LogP contribution in [0.15, 0.2) is 36.4 Å². The van der Waals surface area contributed by atoms with E-state index in [1.807, 2.05) is 32.0 Å². The van der Waals surface area contributed by atoms with Crippen LogP contribution in [0.4, 0.5) is 14.5 Å². The van der Waals surface area contributed by atoms with Crippen molar-refractivity contribution in [2.24, 2.45) is 5.92 Å². The zero-order chi connectivity index (χ0) is 17.1. The van der Waals surface area contributed by atoms with Crippen LogP contribution in [-0.4, -0.2) is 13.0 Å². The molecule has 2 rings (SSSR count). The SMILES string of the molecule is Cc1ccc(N(C)C(=O)[C@@H](C)Cc2cc(F)cc(F)c2)cc1C. The number of anilines is 1. The van der Waals surface area contributed by atoms with Gasteiger partial charge in [-0.15, -0.1) is 0 Å². The molecule has 0 aromatic heterocycles. The third-order valence-corrected chi connectivity index (χ3v) is 4.09. The first kappa shape index (κ1) is 17.1. The van der Waals surface area contributed by atoms with Gasteiger partial charge >= 0.3 is 0 Å². The summed E-state index contributed by atoms with van der Waals surface area (Å²) in [6.45, 7) is 5.78. The highest BCUT2D eigenvalue weighted by Crippen LogP contribution is 2.21. The third-order valence-electron chi connectivity index (χ3n) is 4.09. The van der Waals surface area contributed by atoms with Gasteiger partial charge in [-0.05, 0) is 61.2 Å². The van der Waals surface area contributed by atoms with Crippen molar-refractivity contribution in [2.75, 3.05) is 11.9 Å². The number of carbonyl (C=O) groups is 1. The molecule has 2 aromatic rings. The van der Waals surface area contributed by atoms with E-state index in [4.69, 9.17) is 0 Å². The lowest BCUT2D eigenvalue weighted by molar-refractivity contribution is -0.121. The number of carbonyl (C=O) groups excluding carboxylic acids is 1. The van der Waals surface area contributed by atoms with Gasteiger partial charge in [-0.3, -0.25) is 4.79 Å². The standard InChI is InChI=1S/C19H21F2NO/c1-12-5-6-18(8-13(12)2)22(4)19(23)14(3)7-15-9-16(20)11-17(21)10-15/h5-6,8-11,14H,7H2,1-4H3/t14-/m0/s1. The molecule has 4 heteroatoms. The second-order valence-electron chi connectivity index (χ2n) is 6.05. The van der Waals surface area contributed by atoms with Gasteiger partial charge in [0, 0.05) is 24.7 Å². The summed E-state index contributed by atoms with van der Waals surface area (Å²) in [6, 6.07) is 9.20. The maximum atomic E-state index is 13.2. The zero-order valence-corrected chi connectivity index (χ0v) is 13.9. The molecule has 23 heavy (non-hydrogen) atoms. The van der Waals surface area contributed by atoms with Crippen LogP contribution in [0, 0.1) is 31.4 Å². The Labute approximate surface area is 135 Å². The fourth-order valence-electron chi connectivity index (χ4n) is 2.56. The maximum absolute atomic E-state index is 13.2. The Balaban J connectivity index is 2.13. The van der Waals surface area contributed by atoms with Gasteiger partial charge < -0.3 is 4.90 Å². The molecule has 0 aliphatic heterocycles. The minimum atomic E-state index is -0.623. The van der Waals surface area contributed by atoms with E-state index in [-0.39, 0.29) is 11.8 Å². The molecule has 0 heterocycles. The van der Waals surface area contributed by atoms with E-state index < -0.39 is 11.6 Å². The maximum Gasteiger partial charge on any atom is 0.229 e. The smallest absolute Gasteiger partial charge is 0.229 e. The molecule has 122 valence electrons. The zero-order valence-electron chi connectivity index (χ0n) is 13.9. The van der Waals surface area contributed by atoms with Crippen LogP contribution in [0.2, 0.25) is 0 Å². The van der Waals surface area contributed by atoms with Gasteiger partial charge in [0.05, 0.1) is 0 Å². The Hall–Kier alpha value is -2.23. The van der Waals surface area contributed by atoms with Crippen molar-refractivity contribution in [3.63, 3.8) is 0 Å². The van der Waals surface area contributed by atoms with E-state index in [1.165, 1.54) is 12.1 Å². The molecule has 0 fully saturated rings. The molecule has 2 aromatic carbocycles. The molecule has 0 N–H and O–H groups in total. The Kier molecular flexibility index (Phi) is 5.14. The van der Waals surface area contributed by atoms with Gasteiger partial charge in [-0.2, -0.15) is 0 Å². The van der Waals surface area contributed by atoms with Crippen LogP contribution in [0.3, 0.4) is 0 Å². The second-order valence-corrected chi connectivity index (χ2v) is 6.05. The fourth-order valence-corrected chi connectivity index (χ4v) is 2.56. The van der Waals surface area contributed by atoms with Crippen molar-refractivity contribution in [2.45, 2.75) is 27.2 Å². The van der Waals surface area contributed by atoms with Gasteiger partial charge in [0.2, 0.25) is 5.91 Å². The second kappa shape index (κ2) is 6.90. The van der Waals surface area contributed by atoms with E-state index in [2.05, 4.69) is 0 Å². The Morgan fingerprint density at radius 1 is 1.04 bits per heavy atom. The highest BCUT2D eigenvalue weighted by Gasteiger charge is 2.20. The number of hydrogen-bond donors (Lipinski definition) is 0. The van der Waals surface area contributed by atoms with Gasteiger partial charge in [-0.1, -0.05) is 13.0 Å². The van der Waals surface area contributed by atoms with Crippen LogP contribution in [0.1, 0.15) is 23.6 Å². The van der Waals surface area contributed by atoms with Crippen LogP contribution in [-0.2, 0) is 11.2 Å². The van der Waals surface area contributed by atoms with E-state index in [0.29, 0.717) is 12.0 Å². The predicted octanol–water partition coefficient (Wildman–Crippen LogP) is 4.42. The third kappa shape index (κ3) is 4.15. The number of nitrogens with zero attached hydrogens (tertiary/aromatic N) is 1. The van der Waals surface area contributed by atoms with E-state index in [0.717, 1.165) is 22.9 Å². The summed E-state index contributed by atoms with van der Waals surface area (Å²) in [5.74, 6) is -1.70. The summed E-state index contributed by atoms with van der Waals surface area (Å²) in [6.07, 6.45) is 0.294. The van der Waals surface area contributed by atoms with Gasteiger partial charge in [0.1, 0.15) is 11.6 Å². The Morgan fingerprint density at radius 3 is 2.22 bits per heavy atom. The molecule has 0 saturated heterocycles. The van der Waals surface area contributed by atoms with Crippen molar-refractivity contribution in [3.05, 3.63) is 64.7 Å². The van der Waals surface area contributed by atoms with E-state index in [9.17, 15) is 13.6 Å². The van der Waals surface area contributed by atoms with E-state index in [1.54, 1.807) is 18.9 Å². The average molecular weight is 317 g/mol. The summed E-state index contributed by atoms with van der Waals surface area (Å²) in [5, 5.41) is 0. The highest BCUT2D eigenvalue weighted by molar-refractivity contribution is 5.94. The molecule has 1 amide bonds. The molecule has 0 saturated carbocycles. The lowest BCUT2D eigenvalue weighted by Crippen LogP contribution is -2.32. The first-order valence-corrected chi connectivity index (χ1v) is 7.57. The molecule has 0 bridgehead atoms. The molecule has 0 aliphatic carbocycles. The molecular formula is C19H21F2NO. The minimum absolute atomic E-state index is 0.0853. The molecule has 0 unspecified atom stereocenters. The molecule has 0 aliphatic rings. The lowest BCUT2D eigenvalue weighted by atomic mass is 9.99. The topological polar surface area (TPSA) is 20.3 Å². The molecule has 0 spiro atoms. The van der Waals surface area contributed by atoms with E-state index >= 15 is 0 Å². The van der Waals surface area contributed by atoms with Crippen LogP contribution in [0.25, 0.3) is 0 Å². The summed E-state index contributed by atoms with van der Waals surface area (Å²) >= 11 is 0. The summed E-state index contributed by atoms with van der Waals surface area (Å²) in [7, 11) is 1.72. The quantitative estimate of drug-likeness (QED) is 0.817. The van der Waals surface area contributed by atoms with Crippen LogP contribution < -0.4 is 4.90 Å². The first-order chi connectivity index (χ1) is 10.8. The minimum Gasteiger partial charge on any atom is -0.315 e. The number of hydrogen-bond acceptors (Lipinski definition) is 1. The monoisotopic (exact) mass is 317 g/mol. The van der Waals surface area contributed by atoms with Crippen LogP contribution >= 0.6 is 0 Å². The normalized spacial score (nSPS) is 12.1. The highest BCUT2D eigenvalue weighted by atomic mass is 19.1.